The third-order valence-electron chi connectivity index (χ3n) is 2.66. The van der Waals surface area contributed by atoms with Crippen molar-refractivity contribution in [1.29, 1.82) is 0 Å². The minimum atomic E-state index is 0.188. The number of carbonyl (C=O) groups excluding carboxylic acids is 1. The zero-order valence-electron chi connectivity index (χ0n) is 9.40. The van der Waals surface area contributed by atoms with Crippen molar-refractivity contribution in [3.05, 3.63) is 29.6 Å². The van der Waals surface area contributed by atoms with E-state index in [0.29, 0.717) is 12.5 Å². The van der Waals surface area contributed by atoms with Gasteiger partial charge in [0, 0.05) is 48.0 Å². The maximum absolute atomic E-state index is 11.9. The smallest absolute Gasteiger partial charge is 0.166 e. The van der Waals surface area contributed by atoms with Gasteiger partial charge in [0.2, 0.25) is 0 Å². The van der Waals surface area contributed by atoms with Crippen LogP contribution in [0.25, 0.3) is 0 Å². The zero-order chi connectivity index (χ0) is 11.4. The van der Waals surface area contributed by atoms with E-state index in [1.165, 1.54) is 0 Å². The molecule has 0 aromatic carbocycles. The van der Waals surface area contributed by atoms with Crippen LogP contribution < -0.4 is 5.32 Å². The third-order valence-corrected chi connectivity index (χ3v) is 3.79. The summed E-state index contributed by atoms with van der Waals surface area (Å²) in [6.07, 6.45) is 2.26. The van der Waals surface area contributed by atoms with E-state index in [9.17, 15) is 4.79 Å². The summed E-state index contributed by atoms with van der Waals surface area (Å²) in [5.74, 6) is 2.37. The number of nitrogens with one attached hydrogen (secondary N) is 1. The fourth-order valence-electron chi connectivity index (χ4n) is 1.73. The predicted octanol–water partition coefficient (Wildman–Crippen LogP) is 1.67. The van der Waals surface area contributed by atoms with Crippen LogP contribution in [0.1, 0.15) is 22.5 Å². The van der Waals surface area contributed by atoms with Crippen LogP contribution in [0, 0.1) is 6.92 Å². The number of rotatable bonds is 3. The van der Waals surface area contributed by atoms with Gasteiger partial charge in [-0.3, -0.25) is 9.78 Å². The summed E-state index contributed by atoms with van der Waals surface area (Å²) in [6.45, 7) is 2.93. The lowest BCUT2D eigenvalue weighted by Crippen LogP contribution is -2.38. The first-order chi connectivity index (χ1) is 7.75. The average Bonchev–Trinajstić information content (AvgIpc) is 2.31. The van der Waals surface area contributed by atoms with Gasteiger partial charge >= 0.3 is 0 Å². The van der Waals surface area contributed by atoms with Crippen LogP contribution in [0.15, 0.2) is 18.3 Å². The van der Waals surface area contributed by atoms with Gasteiger partial charge in [-0.1, -0.05) is 0 Å². The van der Waals surface area contributed by atoms with Gasteiger partial charge in [0.1, 0.15) is 0 Å². The van der Waals surface area contributed by atoms with E-state index in [1.54, 1.807) is 6.20 Å². The Morgan fingerprint density at radius 2 is 2.50 bits per heavy atom. The number of aryl methyl sites for hydroxylation is 1. The number of aromatic nitrogens is 1. The molecule has 1 unspecified atom stereocenters. The van der Waals surface area contributed by atoms with Gasteiger partial charge in [-0.05, 0) is 19.1 Å². The summed E-state index contributed by atoms with van der Waals surface area (Å²) >= 11 is 1.91. The highest BCUT2D eigenvalue weighted by molar-refractivity contribution is 7.99. The number of hydrogen-bond acceptors (Lipinski definition) is 4. The Hall–Kier alpha value is -0.870. The predicted molar refractivity (Wildman–Crippen MR) is 67.0 cm³/mol. The van der Waals surface area contributed by atoms with E-state index in [-0.39, 0.29) is 5.78 Å². The van der Waals surface area contributed by atoms with Gasteiger partial charge in [-0.2, -0.15) is 11.8 Å². The van der Waals surface area contributed by atoms with E-state index in [1.807, 2.05) is 30.8 Å². The van der Waals surface area contributed by atoms with Gasteiger partial charge in [0.25, 0.3) is 0 Å². The number of ketones is 1. The molecule has 0 bridgehead atoms. The van der Waals surface area contributed by atoms with Gasteiger partial charge in [-0.25, -0.2) is 0 Å². The summed E-state index contributed by atoms with van der Waals surface area (Å²) in [5.41, 5.74) is 1.67. The SMILES string of the molecule is Cc1ccc(C(=O)CC2CSCCN2)cn1. The van der Waals surface area contributed by atoms with Crippen molar-refractivity contribution in [1.82, 2.24) is 10.3 Å². The zero-order valence-corrected chi connectivity index (χ0v) is 10.2. The van der Waals surface area contributed by atoms with Crippen LogP contribution in [0.2, 0.25) is 0 Å². The van der Waals surface area contributed by atoms with E-state index >= 15 is 0 Å². The third kappa shape index (κ3) is 3.06. The Bertz CT molecular complexity index is 358. The maximum atomic E-state index is 11.9. The Balaban J connectivity index is 1.94. The van der Waals surface area contributed by atoms with Crippen LogP contribution in [-0.4, -0.2) is 34.9 Å². The molecule has 86 valence electrons. The number of pyridine rings is 1. The van der Waals surface area contributed by atoms with Crippen molar-refractivity contribution < 1.29 is 4.79 Å². The molecule has 1 atom stereocenters. The van der Waals surface area contributed by atoms with E-state index in [4.69, 9.17) is 0 Å². The van der Waals surface area contributed by atoms with Crippen molar-refractivity contribution in [2.75, 3.05) is 18.1 Å². The summed E-state index contributed by atoms with van der Waals surface area (Å²) in [6, 6.07) is 4.07. The molecular formula is C12H16N2OS. The fraction of sp³-hybridized carbons (Fsp3) is 0.500. The second-order valence-corrected chi connectivity index (χ2v) is 5.19. The molecule has 1 aromatic rings. The summed E-state index contributed by atoms with van der Waals surface area (Å²) < 4.78 is 0. The Labute approximate surface area is 100 Å². The normalized spacial score (nSPS) is 20.7. The lowest BCUT2D eigenvalue weighted by atomic mass is 10.1. The molecule has 0 saturated carbocycles. The average molecular weight is 236 g/mol. The summed E-state index contributed by atoms with van der Waals surface area (Å²) in [4.78, 5) is 16.1. The molecule has 1 fully saturated rings. The molecule has 0 aliphatic carbocycles. The maximum Gasteiger partial charge on any atom is 0.166 e. The molecule has 0 radical (unpaired) electrons. The van der Waals surface area contributed by atoms with Crippen molar-refractivity contribution in [3.8, 4) is 0 Å². The van der Waals surface area contributed by atoms with E-state index in [2.05, 4.69) is 10.3 Å². The van der Waals surface area contributed by atoms with Gasteiger partial charge in [0.05, 0.1) is 0 Å². The van der Waals surface area contributed by atoms with Crippen molar-refractivity contribution in [2.45, 2.75) is 19.4 Å². The van der Waals surface area contributed by atoms with E-state index < -0.39 is 0 Å². The Morgan fingerprint density at radius 3 is 3.12 bits per heavy atom. The summed E-state index contributed by atoms with van der Waals surface area (Å²) in [7, 11) is 0. The molecule has 1 aliphatic heterocycles. The highest BCUT2D eigenvalue weighted by Crippen LogP contribution is 2.13. The monoisotopic (exact) mass is 236 g/mol. The molecule has 0 amide bonds. The Morgan fingerprint density at radius 1 is 1.62 bits per heavy atom. The van der Waals surface area contributed by atoms with Crippen LogP contribution in [-0.2, 0) is 0 Å². The highest BCUT2D eigenvalue weighted by atomic mass is 32.2. The van der Waals surface area contributed by atoms with Gasteiger partial charge in [0.15, 0.2) is 5.78 Å². The van der Waals surface area contributed by atoms with Crippen LogP contribution in [0.3, 0.4) is 0 Å². The number of carbonyl (C=O) groups is 1. The van der Waals surface area contributed by atoms with Crippen LogP contribution >= 0.6 is 11.8 Å². The molecule has 16 heavy (non-hydrogen) atoms. The molecule has 2 heterocycles. The van der Waals surface area contributed by atoms with Gasteiger partial charge < -0.3 is 5.32 Å². The first-order valence-corrected chi connectivity index (χ1v) is 6.68. The molecule has 1 aliphatic rings. The molecule has 1 aromatic heterocycles. The second kappa shape index (κ2) is 5.46. The Kier molecular flexibility index (Phi) is 3.96. The quantitative estimate of drug-likeness (QED) is 0.811. The van der Waals surface area contributed by atoms with Crippen LogP contribution in [0.4, 0.5) is 0 Å². The topological polar surface area (TPSA) is 42.0 Å². The summed E-state index contributed by atoms with van der Waals surface area (Å²) in [5, 5.41) is 3.37. The van der Waals surface area contributed by atoms with E-state index in [0.717, 1.165) is 29.3 Å². The molecule has 0 spiro atoms. The van der Waals surface area contributed by atoms with Gasteiger partial charge in [-0.15, -0.1) is 0 Å². The number of thioether (sulfide) groups is 1. The lowest BCUT2D eigenvalue weighted by Gasteiger charge is -2.22. The highest BCUT2D eigenvalue weighted by Gasteiger charge is 2.17. The number of Topliss-reactive ketones (excluding diaryl/α,β-unsaturated/α-hetero) is 1. The van der Waals surface area contributed by atoms with Crippen molar-refractivity contribution >= 4 is 17.5 Å². The number of nitrogens with zero attached hydrogens (tertiary/aromatic N) is 1. The lowest BCUT2D eigenvalue weighted by molar-refractivity contribution is 0.0971. The molecule has 1 N–H and O–H groups in total. The molecule has 3 nitrogen and oxygen atoms in total. The molecule has 2 rings (SSSR count). The second-order valence-electron chi connectivity index (χ2n) is 4.04. The standard InChI is InChI=1S/C12H16N2OS/c1-9-2-3-10(7-14-9)12(15)6-11-8-16-5-4-13-11/h2-3,7,11,13H,4-6,8H2,1H3. The van der Waals surface area contributed by atoms with Crippen LogP contribution in [0.5, 0.6) is 0 Å². The molecule has 1 saturated heterocycles. The van der Waals surface area contributed by atoms with Crippen molar-refractivity contribution in [2.24, 2.45) is 0 Å². The molecule has 4 heteroatoms. The molecular weight excluding hydrogens is 220 g/mol. The van der Waals surface area contributed by atoms with Crippen molar-refractivity contribution in [3.63, 3.8) is 0 Å². The minimum absolute atomic E-state index is 0.188. The first-order valence-electron chi connectivity index (χ1n) is 5.52. The largest absolute Gasteiger partial charge is 0.312 e. The fourth-order valence-corrected chi connectivity index (χ4v) is 2.67. The minimum Gasteiger partial charge on any atom is -0.312 e. The first kappa shape index (κ1) is 11.6. The number of hydrogen-bond donors (Lipinski definition) is 1.